The molecule has 0 aliphatic heterocycles. The van der Waals surface area contributed by atoms with E-state index in [9.17, 15) is 5.11 Å². The Kier molecular flexibility index (Phi) is 5.43. The molecular weight excluding hydrogens is 362 g/mol. The van der Waals surface area contributed by atoms with E-state index in [-0.39, 0.29) is 5.92 Å². The molecule has 3 unspecified atom stereocenters. The number of halogens is 1. The van der Waals surface area contributed by atoms with Gasteiger partial charge < -0.3 is 14.4 Å². The lowest BCUT2D eigenvalue weighted by molar-refractivity contribution is 0.109. The van der Waals surface area contributed by atoms with Gasteiger partial charge in [-0.2, -0.15) is 0 Å². The summed E-state index contributed by atoms with van der Waals surface area (Å²) in [6, 6.07) is 9.96. The molecule has 0 bridgehead atoms. The Hall–Kier alpha value is -1.95. The molecule has 1 aliphatic carbocycles. The Morgan fingerprint density at radius 2 is 2.04 bits per heavy atom. The average Bonchev–Trinajstić information content (AvgIpc) is 3.33. The topological polar surface area (TPSA) is 60.2 Å². The molecule has 0 radical (unpaired) electrons. The molecule has 0 amide bonds. The van der Waals surface area contributed by atoms with Gasteiger partial charge in [-0.15, -0.1) is 0 Å². The summed E-state index contributed by atoms with van der Waals surface area (Å²) in [4.78, 5) is 8.95. The molecule has 1 aromatic carbocycles. The first-order chi connectivity index (χ1) is 13.2. The van der Waals surface area contributed by atoms with E-state index in [1.54, 1.807) is 13.4 Å². The van der Waals surface area contributed by atoms with E-state index in [0.29, 0.717) is 17.7 Å². The van der Waals surface area contributed by atoms with E-state index in [1.165, 1.54) is 0 Å². The second-order valence-electron chi connectivity index (χ2n) is 7.25. The zero-order chi connectivity index (χ0) is 18.8. The summed E-state index contributed by atoms with van der Waals surface area (Å²) in [5.41, 5.74) is 2.94. The number of hydrogen-bond acceptors (Lipinski definition) is 4. The highest BCUT2D eigenvalue weighted by atomic mass is 35.5. The van der Waals surface area contributed by atoms with Crippen molar-refractivity contribution in [3.63, 3.8) is 0 Å². The number of hydrogen-bond donors (Lipinski definition) is 1. The van der Waals surface area contributed by atoms with Gasteiger partial charge in [0.2, 0.25) is 0 Å². The summed E-state index contributed by atoms with van der Waals surface area (Å²) in [5.74, 6) is 0.239. The van der Waals surface area contributed by atoms with Crippen LogP contribution in [0.3, 0.4) is 0 Å². The smallest absolute Gasteiger partial charge is 0.143 e. The number of fused-ring (bicyclic) bond motifs is 1. The van der Waals surface area contributed by atoms with Crippen molar-refractivity contribution in [2.75, 3.05) is 13.7 Å². The minimum absolute atomic E-state index is 0.239. The lowest BCUT2D eigenvalue weighted by Crippen LogP contribution is -2.11. The largest absolute Gasteiger partial charge is 0.388 e. The molecule has 3 aromatic rings. The zero-order valence-electron chi connectivity index (χ0n) is 15.4. The van der Waals surface area contributed by atoms with Crippen molar-refractivity contribution in [1.82, 2.24) is 14.5 Å². The van der Waals surface area contributed by atoms with E-state index >= 15 is 0 Å². The normalized spacial score (nSPS) is 21.0. The predicted octanol–water partition coefficient (Wildman–Crippen LogP) is 4.35. The molecule has 1 saturated carbocycles. The Labute approximate surface area is 164 Å². The molecule has 1 aliphatic rings. The maximum atomic E-state index is 10.8. The summed E-state index contributed by atoms with van der Waals surface area (Å²) < 4.78 is 7.44. The Balaban J connectivity index is 1.52. The Bertz CT molecular complexity index is 909. The zero-order valence-corrected chi connectivity index (χ0v) is 16.1. The highest BCUT2D eigenvalue weighted by Crippen LogP contribution is 2.42. The van der Waals surface area contributed by atoms with E-state index < -0.39 is 6.10 Å². The third-order valence-corrected chi connectivity index (χ3v) is 5.88. The maximum Gasteiger partial charge on any atom is 0.143 e. The Morgan fingerprint density at radius 3 is 2.81 bits per heavy atom. The van der Waals surface area contributed by atoms with Gasteiger partial charge in [-0.1, -0.05) is 23.7 Å². The number of aliphatic hydroxyl groups is 1. The molecule has 3 atom stereocenters. The summed E-state index contributed by atoms with van der Waals surface area (Å²) in [5, 5.41) is 12.6. The number of benzene rings is 1. The van der Waals surface area contributed by atoms with Crippen LogP contribution in [0.15, 0.2) is 42.9 Å². The maximum absolute atomic E-state index is 10.8. The molecule has 5 nitrogen and oxygen atoms in total. The van der Waals surface area contributed by atoms with E-state index in [1.807, 2.05) is 24.3 Å². The van der Waals surface area contributed by atoms with Gasteiger partial charge in [0.1, 0.15) is 12.0 Å². The average molecular weight is 386 g/mol. The second-order valence-corrected chi connectivity index (χ2v) is 7.68. The number of methoxy groups -OCH3 is 1. The summed E-state index contributed by atoms with van der Waals surface area (Å²) in [6.45, 7) is 0.649. The molecule has 2 aromatic heterocycles. The van der Waals surface area contributed by atoms with Gasteiger partial charge in [0.15, 0.2) is 0 Å². The van der Waals surface area contributed by atoms with Crippen LogP contribution >= 0.6 is 11.6 Å². The number of aliphatic hydroxyl groups excluding tert-OH is 1. The van der Waals surface area contributed by atoms with Crippen LogP contribution in [0.4, 0.5) is 0 Å². The minimum Gasteiger partial charge on any atom is -0.388 e. The van der Waals surface area contributed by atoms with Crippen molar-refractivity contribution in [2.24, 2.45) is 5.92 Å². The molecular formula is C21H24ClN3O2. The highest BCUT2D eigenvalue weighted by molar-refractivity contribution is 6.30. The number of aromatic nitrogens is 3. The highest BCUT2D eigenvalue weighted by Gasteiger charge is 2.32. The molecule has 142 valence electrons. The predicted molar refractivity (Wildman–Crippen MR) is 106 cm³/mol. The Morgan fingerprint density at radius 1 is 1.22 bits per heavy atom. The fourth-order valence-corrected chi connectivity index (χ4v) is 4.31. The van der Waals surface area contributed by atoms with Gasteiger partial charge in [-0.25, -0.2) is 9.97 Å². The molecule has 1 fully saturated rings. The molecule has 27 heavy (non-hydrogen) atoms. The summed E-state index contributed by atoms with van der Waals surface area (Å²) in [7, 11) is 1.70. The van der Waals surface area contributed by atoms with Crippen molar-refractivity contribution in [3.8, 4) is 0 Å². The van der Waals surface area contributed by atoms with Crippen LogP contribution < -0.4 is 0 Å². The van der Waals surface area contributed by atoms with Crippen LogP contribution in [0.1, 0.15) is 42.7 Å². The molecule has 0 saturated heterocycles. The number of ether oxygens (including phenoxy) is 1. The van der Waals surface area contributed by atoms with Crippen molar-refractivity contribution >= 4 is 22.6 Å². The van der Waals surface area contributed by atoms with Gasteiger partial charge >= 0.3 is 0 Å². The van der Waals surface area contributed by atoms with Crippen LogP contribution in [0.2, 0.25) is 5.02 Å². The van der Waals surface area contributed by atoms with E-state index in [4.69, 9.17) is 16.3 Å². The van der Waals surface area contributed by atoms with Gasteiger partial charge in [0.25, 0.3) is 0 Å². The van der Waals surface area contributed by atoms with Crippen LogP contribution in [0, 0.1) is 5.92 Å². The van der Waals surface area contributed by atoms with Crippen LogP contribution in [-0.4, -0.2) is 33.4 Å². The lowest BCUT2D eigenvalue weighted by atomic mass is 9.94. The number of rotatable bonds is 6. The van der Waals surface area contributed by atoms with Crippen LogP contribution in [-0.2, 0) is 11.2 Å². The van der Waals surface area contributed by atoms with E-state index in [0.717, 1.165) is 48.0 Å². The molecule has 0 spiro atoms. The van der Waals surface area contributed by atoms with Gasteiger partial charge in [0, 0.05) is 36.2 Å². The van der Waals surface area contributed by atoms with Gasteiger partial charge in [-0.3, -0.25) is 0 Å². The fraction of sp³-hybridized carbons (Fsp3) is 0.429. The lowest BCUT2D eigenvalue weighted by Gasteiger charge is -2.19. The van der Waals surface area contributed by atoms with Crippen LogP contribution in [0.25, 0.3) is 11.0 Å². The minimum atomic E-state index is -0.457. The van der Waals surface area contributed by atoms with Gasteiger partial charge in [0.05, 0.1) is 18.4 Å². The molecule has 2 heterocycles. The third-order valence-electron chi connectivity index (χ3n) is 5.63. The second kappa shape index (κ2) is 7.97. The van der Waals surface area contributed by atoms with Gasteiger partial charge in [-0.05, 0) is 48.9 Å². The third kappa shape index (κ3) is 3.72. The first-order valence-corrected chi connectivity index (χ1v) is 9.78. The fourth-order valence-electron chi connectivity index (χ4n) is 4.18. The summed E-state index contributed by atoms with van der Waals surface area (Å²) >= 11 is 5.96. The SMILES string of the molecule is COCCc1ncnc2c1ccn2C1CCC(C(O)c2ccc(Cl)cc2)C1. The van der Waals surface area contributed by atoms with Crippen molar-refractivity contribution in [3.05, 3.63) is 59.1 Å². The van der Waals surface area contributed by atoms with Crippen LogP contribution in [0.5, 0.6) is 0 Å². The standard InChI is InChI=1S/C21H24ClN3O2/c1-27-11-9-19-18-8-10-25(21(18)24-13-23-19)17-7-4-15(12-17)20(26)14-2-5-16(22)6-3-14/h2-3,5-6,8,10,13,15,17,20,26H,4,7,9,11-12H2,1H3. The quantitative estimate of drug-likeness (QED) is 0.685. The monoisotopic (exact) mass is 385 g/mol. The summed E-state index contributed by atoms with van der Waals surface area (Å²) in [6.07, 6.45) is 7.04. The molecule has 4 rings (SSSR count). The molecule has 6 heteroatoms. The first-order valence-electron chi connectivity index (χ1n) is 9.40. The van der Waals surface area contributed by atoms with Crippen molar-refractivity contribution in [1.29, 1.82) is 0 Å². The molecule has 1 N–H and O–H groups in total. The number of nitrogens with zero attached hydrogens (tertiary/aromatic N) is 3. The van der Waals surface area contributed by atoms with Crippen molar-refractivity contribution in [2.45, 2.75) is 37.8 Å². The van der Waals surface area contributed by atoms with E-state index in [2.05, 4.69) is 26.8 Å². The van der Waals surface area contributed by atoms with Crippen molar-refractivity contribution < 1.29 is 9.84 Å². The first kappa shape index (κ1) is 18.4.